The monoisotopic (exact) mass is 314 g/mol. The molecule has 120 valence electrons. The summed E-state index contributed by atoms with van der Waals surface area (Å²) in [7, 11) is 0.332. The summed E-state index contributed by atoms with van der Waals surface area (Å²) < 4.78 is 29.0. The van der Waals surface area contributed by atoms with Gasteiger partial charge in [0.25, 0.3) is 0 Å². The third kappa shape index (κ3) is 5.30. The number of aryl methyl sites for hydroxylation is 1. The largest absolute Gasteiger partial charge is 0.493 e. The molecule has 0 saturated carbocycles. The van der Waals surface area contributed by atoms with E-state index in [1.54, 1.807) is 19.1 Å². The van der Waals surface area contributed by atoms with Crippen LogP contribution in [0.2, 0.25) is 0 Å². The highest BCUT2D eigenvalue weighted by Crippen LogP contribution is 2.31. The van der Waals surface area contributed by atoms with Crippen LogP contribution < -0.4 is 9.88 Å². The molecule has 1 aromatic carbocycles. The van der Waals surface area contributed by atoms with Crippen LogP contribution in [0, 0.1) is 6.92 Å². The van der Waals surface area contributed by atoms with Crippen molar-refractivity contribution >= 4 is 10.0 Å². The molecule has 0 aliphatic heterocycles. The zero-order valence-corrected chi connectivity index (χ0v) is 14.3. The first-order valence-corrected chi connectivity index (χ1v) is 8.62. The van der Waals surface area contributed by atoms with E-state index in [1.807, 2.05) is 27.9 Å². The van der Waals surface area contributed by atoms with Crippen LogP contribution in [0.15, 0.2) is 17.0 Å². The Hall–Kier alpha value is -1.11. The lowest BCUT2D eigenvalue weighted by Gasteiger charge is -2.17. The predicted molar refractivity (Wildman–Crippen MR) is 85.3 cm³/mol. The SMILES string of the molecule is Cc1cc(OCCCN(C)C)c(C(C)C)cc1S(N)(=O)=O. The number of benzene rings is 1. The normalized spacial score (nSPS) is 12.2. The summed E-state index contributed by atoms with van der Waals surface area (Å²) in [6.07, 6.45) is 0.917. The molecule has 21 heavy (non-hydrogen) atoms. The minimum atomic E-state index is -3.70. The van der Waals surface area contributed by atoms with Crippen LogP contribution in [-0.4, -0.2) is 40.6 Å². The fourth-order valence-electron chi connectivity index (χ4n) is 2.12. The molecule has 1 aromatic rings. The summed E-state index contributed by atoms with van der Waals surface area (Å²) >= 11 is 0. The molecule has 0 fully saturated rings. The molecule has 0 spiro atoms. The van der Waals surface area contributed by atoms with Crippen molar-refractivity contribution in [1.29, 1.82) is 0 Å². The number of primary sulfonamides is 1. The molecule has 0 aromatic heterocycles. The summed E-state index contributed by atoms with van der Waals surface area (Å²) in [5, 5.41) is 5.26. The summed E-state index contributed by atoms with van der Waals surface area (Å²) in [6, 6.07) is 3.40. The molecule has 0 aliphatic carbocycles. The molecule has 2 N–H and O–H groups in total. The highest BCUT2D eigenvalue weighted by Gasteiger charge is 2.17. The Kier molecular flexibility index (Phi) is 6.19. The number of nitrogens with zero attached hydrogens (tertiary/aromatic N) is 1. The highest BCUT2D eigenvalue weighted by molar-refractivity contribution is 7.89. The van der Waals surface area contributed by atoms with E-state index in [-0.39, 0.29) is 10.8 Å². The minimum Gasteiger partial charge on any atom is -0.493 e. The van der Waals surface area contributed by atoms with Crippen molar-refractivity contribution in [3.63, 3.8) is 0 Å². The maximum Gasteiger partial charge on any atom is 0.238 e. The van der Waals surface area contributed by atoms with Gasteiger partial charge in [0.2, 0.25) is 10.0 Å². The van der Waals surface area contributed by atoms with E-state index >= 15 is 0 Å². The topological polar surface area (TPSA) is 72.6 Å². The number of rotatable bonds is 7. The van der Waals surface area contributed by atoms with Crippen molar-refractivity contribution in [3.8, 4) is 5.75 Å². The van der Waals surface area contributed by atoms with E-state index in [2.05, 4.69) is 4.90 Å². The molecule has 1 rings (SSSR count). The maximum absolute atomic E-state index is 11.6. The molecule has 0 amide bonds. The molecular formula is C15H26N2O3S. The number of sulfonamides is 1. The van der Waals surface area contributed by atoms with Crippen LogP contribution in [0.25, 0.3) is 0 Å². The van der Waals surface area contributed by atoms with Gasteiger partial charge in [0.15, 0.2) is 0 Å². The molecule has 0 bridgehead atoms. The molecule has 6 heteroatoms. The quantitative estimate of drug-likeness (QED) is 0.782. The molecule has 0 heterocycles. The van der Waals surface area contributed by atoms with Crippen molar-refractivity contribution in [2.75, 3.05) is 27.2 Å². The smallest absolute Gasteiger partial charge is 0.238 e. The third-order valence-electron chi connectivity index (χ3n) is 3.24. The Labute approximate surface area is 128 Å². The fourth-order valence-corrected chi connectivity index (χ4v) is 2.92. The molecule has 0 saturated heterocycles. The van der Waals surface area contributed by atoms with Crippen LogP contribution in [0.3, 0.4) is 0 Å². The first-order valence-electron chi connectivity index (χ1n) is 7.07. The average molecular weight is 314 g/mol. The Balaban J connectivity index is 3.01. The van der Waals surface area contributed by atoms with Gasteiger partial charge in [-0.15, -0.1) is 0 Å². The van der Waals surface area contributed by atoms with Gasteiger partial charge in [0, 0.05) is 6.54 Å². The predicted octanol–water partition coefficient (Wildman–Crippen LogP) is 2.10. The molecule has 0 unspecified atom stereocenters. The van der Waals surface area contributed by atoms with E-state index in [0.717, 1.165) is 24.3 Å². The van der Waals surface area contributed by atoms with Crippen LogP contribution >= 0.6 is 0 Å². The second-order valence-electron chi connectivity index (χ2n) is 5.86. The van der Waals surface area contributed by atoms with Gasteiger partial charge in [-0.1, -0.05) is 13.8 Å². The lowest BCUT2D eigenvalue weighted by molar-refractivity contribution is 0.278. The lowest BCUT2D eigenvalue weighted by atomic mass is 10.0. The van der Waals surface area contributed by atoms with Crippen molar-refractivity contribution < 1.29 is 13.2 Å². The van der Waals surface area contributed by atoms with Gasteiger partial charge in [0.05, 0.1) is 11.5 Å². The maximum atomic E-state index is 11.6. The number of nitrogens with two attached hydrogens (primary N) is 1. The van der Waals surface area contributed by atoms with Gasteiger partial charge >= 0.3 is 0 Å². The van der Waals surface area contributed by atoms with Gasteiger partial charge < -0.3 is 9.64 Å². The van der Waals surface area contributed by atoms with Gasteiger partial charge in [-0.25, -0.2) is 13.6 Å². The van der Waals surface area contributed by atoms with Crippen molar-refractivity contribution in [2.24, 2.45) is 5.14 Å². The molecular weight excluding hydrogens is 288 g/mol. The van der Waals surface area contributed by atoms with E-state index < -0.39 is 10.0 Å². The Bertz CT molecular complexity index is 581. The molecule has 5 nitrogen and oxygen atoms in total. The number of ether oxygens (including phenoxy) is 1. The van der Waals surface area contributed by atoms with E-state index in [4.69, 9.17) is 9.88 Å². The summed E-state index contributed by atoms with van der Waals surface area (Å²) in [5.74, 6) is 0.906. The van der Waals surface area contributed by atoms with Crippen molar-refractivity contribution in [2.45, 2.75) is 38.0 Å². The molecule has 0 atom stereocenters. The van der Waals surface area contributed by atoms with Crippen LogP contribution in [0.1, 0.15) is 37.3 Å². The van der Waals surface area contributed by atoms with E-state index in [1.165, 1.54) is 0 Å². The average Bonchev–Trinajstić information content (AvgIpc) is 2.32. The third-order valence-corrected chi connectivity index (χ3v) is 4.30. The summed E-state index contributed by atoms with van der Waals surface area (Å²) in [6.45, 7) is 7.29. The van der Waals surface area contributed by atoms with Gasteiger partial charge in [0.1, 0.15) is 5.75 Å². The summed E-state index contributed by atoms with van der Waals surface area (Å²) in [4.78, 5) is 2.27. The van der Waals surface area contributed by atoms with Gasteiger partial charge in [-0.3, -0.25) is 0 Å². The van der Waals surface area contributed by atoms with E-state index in [9.17, 15) is 8.42 Å². The Morgan fingerprint density at radius 2 is 1.90 bits per heavy atom. The van der Waals surface area contributed by atoms with Crippen molar-refractivity contribution in [1.82, 2.24) is 4.90 Å². The van der Waals surface area contributed by atoms with Crippen LogP contribution in [0.4, 0.5) is 0 Å². The standard InChI is InChI=1S/C15H26N2O3S/c1-11(2)13-10-15(21(16,18)19)12(3)9-14(13)20-8-6-7-17(4)5/h9-11H,6-8H2,1-5H3,(H2,16,18,19). The minimum absolute atomic E-state index is 0.162. The second kappa shape index (κ2) is 7.24. The van der Waals surface area contributed by atoms with E-state index in [0.29, 0.717) is 12.2 Å². The molecule has 0 radical (unpaired) electrons. The number of hydrogen-bond donors (Lipinski definition) is 1. The zero-order valence-electron chi connectivity index (χ0n) is 13.5. The first-order chi connectivity index (χ1) is 9.62. The van der Waals surface area contributed by atoms with Crippen molar-refractivity contribution in [3.05, 3.63) is 23.3 Å². The highest BCUT2D eigenvalue weighted by atomic mass is 32.2. The van der Waals surface area contributed by atoms with Gasteiger partial charge in [-0.2, -0.15) is 0 Å². The lowest BCUT2D eigenvalue weighted by Crippen LogP contribution is -2.17. The first kappa shape index (κ1) is 17.9. The molecule has 0 aliphatic rings. The summed E-state index contributed by atoms with van der Waals surface area (Å²) in [5.41, 5.74) is 1.49. The Morgan fingerprint density at radius 3 is 2.38 bits per heavy atom. The second-order valence-corrected chi connectivity index (χ2v) is 7.39. The zero-order chi connectivity index (χ0) is 16.2. The van der Waals surface area contributed by atoms with Crippen LogP contribution in [-0.2, 0) is 10.0 Å². The Morgan fingerprint density at radius 1 is 1.29 bits per heavy atom. The van der Waals surface area contributed by atoms with Crippen LogP contribution in [0.5, 0.6) is 5.75 Å². The fraction of sp³-hybridized carbons (Fsp3) is 0.600. The number of hydrogen-bond acceptors (Lipinski definition) is 4. The van der Waals surface area contributed by atoms with Gasteiger partial charge in [-0.05, 0) is 56.6 Å².